The molecule has 1 aliphatic heterocycles. The van der Waals surface area contributed by atoms with E-state index in [2.05, 4.69) is 27.0 Å². The first kappa shape index (κ1) is 10.9. The van der Waals surface area contributed by atoms with Crippen LogP contribution in [0.15, 0.2) is 21.3 Å². The highest BCUT2D eigenvalue weighted by molar-refractivity contribution is 7.07. The van der Waals surface area contributed by atoms with Crippen molar-refractivity contribution in [2.45, 2.75) is 25.2 Å². The molecule has 17 heavy (non-hydrogen) atoms. The third-order valence-electron chi connectivity index (χ3n) is 2.99. The van der Waals surface area contributed by atoms with Gasteiger partial charge < -0.3 is 9.26 Å². The first-order valence-corrected chi connectivity index (χ1v) is 6.77. The normalized spacial score (nSPS) is 19.9. The van der Waals surface area contributed by atoms with Gasteiger partial charge in [0.1, 0.15) is 0 Å². The summed E-state index contributed by atoms with van der Waals surface area (Å²) >= 11 is 1.72. The van der Waals surface area contributed by atoms with Crippen molar-refractivity contribution in [1.29, 1.82) is 0 Å². The van der Waals surface area contributed by atoms with Gasteiger partial charge in [0, 0.05) is 18.9 Å². The first-order valence-electron chi connectivity index (χ1n) is 5.83. The van der Waals surface area contributed by atoms with Gasteiger partial charge in [-0.05, 0) is 35.2 Å². The van der Waals surface area contributed by atoms with E-state index in [1.165, 1.54) is 5.56 Å². The van der Waals surface area contributed by atoms with E-state index < -0.39 is 0 Å². The van der Waals surface area contributed by atoms with Gasteiger partial charge in [-0.3, -0.25) is 0 Å². The number of nitrogens with zero attached hydrogens (tertiary/aromatic N) is 2. The highest BCUT2D eigenvalue weighted by Crippen LogP contribution is 2.22. The molecule has 0 aliphatic carbocycles. The van der Waals surface area contributed by atoms with Gasteiger partial charge in [-0.2, -0.15) is 16.3 Å². The highest BCUT2D eigenvalue weighted by Gasteiger charge is 2.22. The summed E-state index contributed by atoms with van der Waals surface area (Å²) in [6, 6.07) is 2.13. The van der Waals surface area contributed by atoms with E-state index >= 15 is 0 Å². The zero-order valence-electron chi connectivity index (χ0n) is 9.46. The molecule has 4 nitrogen and oxygen atoms in total. The standard InChI is InChI=1S/C12H14N2O2S/c1(9-4-6-17-8-9)2-11-13-12(14-16-11)10-3-5-15-7-10/h4,6,8,10H,1-3,5,7H2/t10-/m0/s1. The molecule has 3 rings (SSSR count). The van der Waals surface area contributed by atoms with Crippen LogP contribution in [0.25, 0.3) is 0 Å². The number of aryl methyl sites for hydroxylation is 2. The van der Waals surface area contributed by atoms with E-state index in [0.29, 0.717) is 5.92 Å². The van der Waals surface area contributed by atoms with Crippen LogP contribution in [0.2, 0.25) is 0 Å². The molecular formula is C12H14N2O2S. The van der Waals surface area contributed by atoms with E-state index in [9.17, 15) is 0 Å². The van der Waals surface area contributed by atoms with E-state index in [4.69, 9.17) is 9.26 Å². The minimum Gasteiger partial charge on any atom is -0.381 e. The molecule has 5 heteroatoms. The number of hydrogen-bond donors (Lipinski definition) is 0. The first-order chi connectivity index (χ1) is 8.42. The molecule has 1 aliphatic rings. The highest BCUT2D eigenvalue weighted by atomic mass is 32.1. The number of hydrogen-bond acceptors (Lipinski definition) is 5. The van der Waals surface area contributed by atoms with Gasteiger partial charge in [0.25, 0.3) is 0 Å². The fourth-order valence-corrected chi connectivity index (χ4v) is 2.66. The van der Waals surface area contributed by atoms with Gasteiger partial charge in [-0.15, -0.1) is 0 Å². The molecule has 1 atom stereocenters. The van der Waals surface area contributed by atoms with Crippen LogP contribution in [0.5, 0.6) is 0 Å². The molecule has 0 N–H and O–H groups in total. The second kappa shape index (κ2) is 4.98. The van der Waals surface area contributed by atoms with E-state index in [1.807, 2.05) is 0 Å². The average Bonchev–Trinajstić information content (AvgIpc) is 3.09. The van der Waals surface area contributed by atoms with Crippen molar-refractivity contribution in [3.05, 3.63) is 34.1 Å². The van der Waals surface area contributed by atoms with Crippen LogP contribution in [0.1, 0.15) is 29.6 Å². The van der Waals surface area contributed by atoms with Gasteiger partial charge in [-0.1, -0.05) is 5.16 Å². The molecule has 90 valence electrons. The predicted molar refractivity (Wildman–Crippen MR) is 64.2 cm³/mol. The lowest BCUT2D eigenvalue weighted by atomic mass is 10.1. The van der Waals surface area contributed by atoms with Gasteiger partial charge in [0.15, 0.2) is 5.82 Å². The molecule has 3 heterocycles. The van der Waals surface area contributed by atoms with E-state index in [0.717, 1.165) is 44.2 Å². The maximum absolute atomic E-state index is 5.32. The number of rotatable bonds is 4. The largest absolute Gasteiger partial charge is 0.381 e. The summed E-state index contributed by atoms with van der Waals surface area (Å²) in [5, 5.41) is 8.28. The van der Waals surface area contributed by atoms with Crippen LogP contribution in [-0.4, -0.2) is 23.4 Å². The third-order valence-corrected chi connectivity index (χ3v) is 3.72. The molecule has 1 fully saturated rings. The van der Waals surface area contributed by atoms with Crippen LogP contribution >= 0.6 is 11.3 Å². The molecule has 1 saturated heterocycles. The molecule has 0 bridgehead atoms. The van der Waals surface area contributed by atoms with Crippen molar-refractivity contribution in [1.82, 2.24) is 10.1 Å². The molecule has 0 saturated carbocycles. The molecule has 0 spiro atoms. The Labute approximate surface area is 104 Å². The van der Waals surface area contributed by atoms with Crippen molar-refractivity contribution in [3.63, 3.8) is 0 Å². The Bertz CT molecular complexity index is 461. The van der Waals surface area contributed by atoms with Crippen LogP contribution < -0.4 is 0 Å². The monoisotopic (exact) mass is 250 g/mol. The number of aromatic nitrogens is 2. The Hall–Kier alpha value is -1.20. The summed E-state index contributed by atoms with van der Waals surface area (Å²) in [7, 11) is 0. The predicted octanol–water partition coefficient (Wildman–Crippen LogP) is 2.42. The lowest BCUT2D eigenvalue weighted by Gasteiger charge is -1.97. The summed E-state index contributed by atoms with van der Waals surface area (Å²) in [6.07, 6.45) is 2.78. The van der Waals surface area contributed by atoms with Gasteiger partial charge in [0.2, 0.25) is 5.89 Å². The lowest BCUT2D eigenvalue weighted by molar-refractivity contribution is 0.192. The van der Waals surface area contributed by atoms with E-state index in [-0.39, 0.29) is 0 Å². The Morgan fingerprint density at radius 1 is 1.41 bits per heavy atom. The van der Waals surface area contributed by atoms with Crippen molar-refractivity contribution in [2.75, 3.05) is 13.2 Å². The summed E-state index contributed by atoms with van der Waals surface area (Å²) in [5.74, 6) is 1.87. The molecule has 0 unspecified atom stereocenters. The smallest absolute Gasteiger partial charge is 0.226 e. The van der Waals surface area contributed by atoms with Crippen LogP contribution in [0.3, 0.4) is 0 Å². The fourth-order valence-electron chi connectivity index (χ4n) is 1.96. The minimum atomic E-state index is 0.327. The Morgan fingerprint density at radius 3 is 3.18 bits per heavy atom. The Kier molecular flexibility index (Phi) is 3.20. The van der Waals surface area contributed by atoms with Gasteiger partial charge in [0.05, 0.1) is 6.61 Å². The fraction of sp³-hybridized carbons (Fsp3) is 0.500. The number of thiophene rings is 1. The molecule has 0 amide bonds. The maximum atomic E-state index is 5.32. The van der Waals surface area contributed by atoms with Gasteiger partial charge in [-0.25, -0.2) is 0 Å². The van der Waals surface area contributed by atoms with Crippen molar-refractivity contribution >= 4 is 11.3 Å². The van der Waals surface area contributed by atoms with Crippen molar-refractivity contribution in [3.8, 4) is 0 Å². The third kappa shape index (κ3) is 2.56. The SMILES string of the molecule is c1cc(CCc2nc([C@H]3CCOC3)no2)cs1. The summed E-state index contributed by atoms with van der Waals surface area (Å²) < 4.78 is 10.6. The van der Waals surface area contributed by atoms with Crippen LogP contribution in [-0.2, 0) is 17.6 Å². The second-order valence-electron chi connectivity index (χ2n) is 4.24. The quantitative estimate of drug-likeness (QED) is 0.836. The van der Waals surface area contributed by atoms with Gasteiger partial charge >= 0.3 is 0 Å². The maximum Gasteiger partial charge on any atom is 0.226 e. The molecule has 2 aromatic rings. The number of ether oxygens (including phenoxy) is 1. The summed E-state index contributed by atoms with van der Waals surface area (Å²) in [4.78, 5) is 4.44. The average molecular weight is 250 g/mol. The Morgan fingerprint density at radius 2 is 2.41 bits per heavy atom. The van der Waals surface area contributed by atoms with Crippen LogP contribution in [0, 0.1) is 0 Å². The second-order valence-corrected chi connectivity index (χ2v) is 5.02. The topological polar surface area (TPSA) is 48.2 Å². The van der Waals surface area contributed by atoms with Crippen molar-refractivity contribution < 1.29 is 9.26 Å². The summed E-state index contributed by atoms with van der Waals surface area (Å²) in [6.45, 7) is 1.53. The lowest BCUT2D eigenvalue weighted by Crippen LogP contribution is -2.00. The van der Waals surface area contributed by atoms with E-state index in [1.54, 1.807) is 11.3 Å². The zero-order chi connectivity index (χ0) is 11.5. The zero-order valence-corrected chi connectivity index (χ0v) is 10.3. The summed E-state index contributed by atoms with van der Waals surface area (Å²) in [5.41, 5.74) is 1.33. The van der Waals surface area contributed by atoms with Crippen LogP contribution in [0.4, 0.5) is 0 Å². The molecule has 0 radical (unpaired) electrons. The molecule has 0 aromatic carbocycles. The minimum absolute atomic E-state index is 0.327. The Balaban J connectivity index is 1.60. The molecule has 2 aromatic heterocycles. The van der Waals surface area contributed by atoms with Crippen molar-refractivity contribution in [2.24, 2.45) is 0 Å². The molecular weight excluding hydrogens is 236 g/mol.